The van der Waals surface area contributed by atoms with Crippen molar-refractivity contribution in [2.45, 2.75) is 18.4 Å². The second-order valence-electron chi connectivity index (χ2n) is 5.16. The summed E-state index contributed by atoms with van der Waals surface area (Å²) in [5.41, 5.74) is 1.08. The van der Waals surface area contributed by atoms with Crippen molar-refractivity contribution in [2.24, 2.45) is 0 Å². The van der Waals surface area contributed by atoms with Crippen molar-refractivity contribution in [1.29, 1.82) is 0 Å². The lowest BCUT2D eigenvalue weighted by Crippen LogP contribution is -2.24. The van der Waals surface area contributed by atoms with E-state index < -0.39 is 16.0 Å². The highest BCUT2D eigenvalue weighted by Gasteiger charge is 2.22. The van der Waals surface area contributed by atoms with E-state index in [4.69, 9.17) is 21.1 Å². The lowest BCUT2D eigenvalue weighted by Gasteiger charge is -2.13. The molecule has 6 nitrogen and oxygen atoms in total. The normalized spacial score (nSPS) is 11.2. The van der Waals surface area contributed by atoms with Crippen LogP contribution in [0.25, 0.3) is 0 Å². The first-order valence-corrected chi connectivity index (χ1v) is 10.2. The van der Waals surface area contributed by atoms with Gasteiger partial charge in [0, 0.05) is 11.6 Å². The largest absolute Gasteiger partial charge is 0.494 e. The van der Waals surface area contributed by atoms with Crippen LogP contribution in [0.4, 0.5) is 0 Å². The Morgan fingerprint density at radius 2 is 1.88 bits per heavy atom. The molecule has 0 bridgehead atoms. The fraction of sp³-hybridized carbons (Fsp3) is 0.235. The number of esters is 1. The summed E-state index contributed by atoms with van der Waals surface area (Å²) in [4.78, 5) is 11.6. The molecule has 0 spiro atoms. The molecular weight excluding hydrogens is 446 g/mol. The lowest BCUT2D eigenvalue weighted by atomic mass is 10.1. The van der Waals surface area contributed by atoms with E-state index in [2.05, 4.69) is 20.7 Å². The highest BCUT2D eigenvalue weighted by atomic mass is 79.9. The SMILES string of the molecule is CCOC(=O)c1ccc(CNS(=O)(=O)c2cc(Cl)cc(Br)c2OC)cc1. The summed E-state index contributed by atoms with van der Waals surface area (Å²) in [6.45, 7) is 2.06. The Labute approximate surface area is 165 Å². The summed E-state index contributed by atoms with van der Waals surface area (Å²) in [5, 5.41) is 0.261. The third kappa shape index (κ3) is 4.97. The molecule has 0 radical (unpaired) electrons. The Morgan fingerprint density at radius 1 is 1.23 bits per heavy atom. The summed E-state index contributed by atoms with van der Waals surface area (Å²) < 4.78 is 38.2. The zero-order chi connectivity index (χ0) is 19.3. The maximum Gasteiger partial charge on any atom is 0.338 e. The van der Waals surface area contributed by atoms with Gasteiger partial charge in [0.1, 0.15) is 4.90 Å². The summed E-state index contributed by atoms with van der Waals surface area (Å²) in [7, 11) is -2.49. The van der Waals surface area contributed by atoms with Gasteiger partial charge in [-0.15, -0.1) is 0 Å². The number of nitrogens with one attached hydrogen (secondary N) is 1. The fourth-order valence-electron chi connectivity index (χ4n) is 2.16. The monoisotopic (exact) mass is 461 g/mol. The molecule has 0 aliphatic heterocycles. The third-order valence-electron chi connectivity index (χ3n) is 3.40. The average Bonchev–Trinajstić information content (AvgIpc) is 2.60. The van der Waals surface area contributed by atoms with Crippen LogP contribution >= 0.6 is 27.5 Å². The number of benzene rings is 2. The molecule has 0 aliphatic rings. The lowest BCUT2D eigenvalue weighted by molar-refractivity contribution is 0.0526. The number of carbonyl (C=O) groups excluding carboxylic acids is 1. The van der Waals surface area contributed by atoms with Crippen LogP contribution in [0.3, 0.4) is 0 Å². The standard InChI is InChI=1S/C17H17BrClNO5S/c1-3-25-17(21)12-6-4-11(5-7-12)10-20-26(22,23)15-9-13(19)8-14(18)16(15)24-2/h4-9,20H,3,10H2,1-2H3. The minimum atomic E-state index is -3.86. The van der Waals surface area contributed by atoms with Crippen LogP contribution in [0.5, 0.6) is 5.75 Å². The number of carbonyl (C=O) groups is 1. The molecule has 1 N–H and O–H groups in total. The van der Waals surface area contributed by atoms with Gasteiger partial charge in [0.2, 0.25) is 10.0 Å². The van der Waals surface area contributed by atoms with E-state index in [0.29, 0.717) is 15.6 Å². The minimum absolute atomic E-state index is 0.0404. The third-order valence-corrected chi connectivity index (χ3v) is 5.61. The molecule has 26 heavy (non-hydrogen) atoms. The number of ether oxygens (including phenoxy) is 2. The van der Waals surface area contributed by atoms with Crippen LogP contribution in [-0.2, 0) is 21.3 Å². The van der Waals surface area contributed by atoms with Gasteiger partial charge < -0.3 is 9.47 Å². The van der Waals surface area contributed by atoms with Crippen LogP contribution < -0.4 is 9.46 Å². The maximum atomic E-state index is 12.6. The Balaban J connectivity index is 2.17. The molecule has 2 aromatic carbocycles. The smallest absolute Gasteiger partial charge is 0.338 e. The summed E-state index contributed by atoms with van der Waals surface area (Å²) in [5.74, 6) is -0.257. The molecule has 0 amide bonds. The van der Waals surface area contributed by atoms with Crippen LogP contribution in [0.15, 0.2) is 45.8 Å². The van der Waals surface area contributed by atoms with E-state index in [-0.39, 0.29) is 28.8 Å². The van der Waals surface area contributed by atoms with Crippen molar-refractivity contribution in [1.82, 2.24) is 4.72 Å². The van der Waals surface area contributed by atoms with Gasteiger partial charge in [0.25, 0.3) is 0 Å². The van der Waals surface area contributed by atoms with Gasteiger partial charge >= 0.3 is 5.97 Å². The van der Waals surface area contributed by atoms with Gasteiger partial charge in [-0.1, -0.05) is 23.7 Å². The maximum absolute atomic E-state index is 12.6. The Morgan fingerprint density at radius 3 is 2.46 bits per heavy atom. The second kappa shape index (κ2) is 8.85. The number of sulfonamides is 1. The van der Waals surface area contributed by atoms with Crippen molar-refractivity contribution in [3.8, 4) is 5.75 Å². The molecular formula is C17H17BrClNO5S. The van der Waals surface area contributed by atoms with Crippen molar-refractivity contribution < 1.29 is 22.7 Å². The highest BCUT2D eigenvalue weighted by molar-refractivity contribution is 9.10. The molecule has 2 rings (SSSR count). The van der Waals surface area contributed by atoms with Gasteiger partial charge in [-0.3, -0.25) is 0 Å². The van der Waals surface area contributed by atoms with E-state index in [1.54, 1.807) is 37.3 Å². The molecule has 0 atom stereocenters. The van der Waals surface area contributed by atoms with Crippen LogP contribution in [0.2, 0.25) is 5.02 Å². The Bertz CT molecular complexity index is 900. The topological polar surface area (TPSA) is 81.7 Å². The summed E-state index contributed by atoms with van der Waals surface area (Å²) >= 11 is 9.19. The number of methoxy groups -OCH3 is 1. The molecule has 2 aromatic rings. The van der Waals surface area contributed by atoms with E-state index in [1.807, 2.05) is 0 Å². The quantitative estimate of drug-likeness (QED) is 0.634. The van der Waals surface area contributed by atoms with Crippen LogP contribution in [-0.4, -0.2) is 28.1 Å². The Hall–Kier alpha value is -1.61. The highest BCUT2D eigenvalue weighted by Crippen LogP contribution is 2.35. The zero-order valence-electron chi connectivity index (χ0n) is 14.1. The van der Waals surface area contributed by atoms with E-state index in [9.17, 15) is 13.2 Å². The van der Waals surface area contributed by atoms with E-state index in [0.717, 1.165) is 0 Å². The second-order valence-corrected chi connectivity index (χ2v) is 8.19. The number of halogens is 2. The van der Waals surface area contributed by atoms with Gasteiger partial charge in [-0.25, -0.2) is 17.9 Å². The zero-order valence-corrected chi connectivity index (χ0v) is 17.2. The van der Waals surface area contributed by atoms with Crippen LogP contribution in [0.1, 0.15) is 22.8 Å². The van der Waals surface area contributed by atoms with Crippen molar-refractivity contribution in [3.63, 3.8) is 0 Å². The molecule has 0 unspecified atom stereocenters. The number of hydrogen-bond donors (Lipinski definition) is 1. The van der Waals surface area contributed by atoms with Gasteiger partial charge in [0.05, 0.1) is 23.8 Å². The molecule has 0 fully saturated rings. The van der Waals surface area contributed by atoms with Gasteiger partial charge in [-0.2, -0.15) is 0 Å². The average molecular weight is 463 g/mol. The summed E-state index contributed by atoms with van der Waals surface area (Å²) in [6.07, 6.45) is 0. The van der Waals surface area contributed by atoms with E-state index >= 15 is 0 Å². The van der Waals surface area contributed by atoms with Crippen LogP contribution in [0, 0.1) is 0 Å². The fourth-order valence-corrected chi connectivity index (χ4v) is 4.56. The Kier molecular flexibility index (Phi) is 7.05. The van der Waals surface area contributed by atoms with Crippen molar-refractivity contribution in [2.75, 3.05) is 13.7 Å². The molecule has 9 heteroatoms. The molecule has 0 saturated heterocycles. The summed E-state index contributed by atoms with van der Waals surface area (Å²) in [6, 6.07) is 9.33. The first-order valence-electron chi connectivity index (χ1n) is 7.57. The van der Waals surface area contributed by atoms with Crippen molar-refractivity contribution >= 4 is 43.5 Å². The number of rotatable bonds is 7. The van der Waals surface area contributed by atoms with Gasteiger partial charge in [0.15, 0.2) is 5.75 Å². The molecule has 0 aliphatic carbocycles. The minimum Gasteiger partial charge on any atom is -0.494 e. The predicted octanol–water partition coefficient (Wildman–Crippen LogP) is 3.77. The molecule has 0 heterocycles. The van der Waals surface area contributed by atoms with Crippen molar-refractivity contribution in [3.05, 3.63) is 57.0 Å². The molecule has 0 saturated carbocycles. The van der Waals surface area contributed by atoms with E-state index in [1.165, 1.54) is 13.2 Å². The first kappa shape index (κ1) is 20.7. The first-order chi connectivity index (χ1) is 12.3. The number of hydrogen-bond acceptors (Lipinski definition) is 5. The molecule has 140 valence electrons. The van der Waals surface area contributed by atoms with Gasteiger partial charge in [-0.05, 0) is 52.7 Å². The molecule has 0 aromatic heterocycles. The predicted molar refractivity (Wildman–Crippen MR) is 102 cm³/mol.